The molecule has 3 N–H and O–H groups in total. The summed E-state index contributed by atoms with van der Waals surface area (Å²) in [6.45, 7) is 7.03. The smallest absolute Gasteiger partial charge is 0.254 e. The van der Waals surface area contributed by atoms with E-state index in [1.54, 1.807) is 6.07 Å². The fourth-order valence-electron chi connectivity index (χ4n) is 2.29. The molecule has 1 aromatic rings. The molecule has 0 spiro atoms. The van der Waals surface area contributed by atoms with Crippen LogP contribution in [0.4, 0.5) is 5.82 Å². The van der Waals surface area contributed by atoms with Gasteiger partial charge < -0.3 is 10.3 Å². The summed E-state index contributed by atoms with van der Waals surface area (Å²) < 4.78 is 0. The molecule has 0 atom stereocenters. The van der Waals surface area contributed by atoms with E-state index in [0.29, 0.717) is 17.4 Å². The van der Waals surface area contributed by atoms with Crippen LogP contribution in [0, 0.1) is 0 Å². The molecule has 110 valence electrons. The number of nitrogen functional groups attached to an aromatic ring is 1. The van der Waals surface area contributed by atoms with Gasteiger partial charge in [0.15, 0.2) is 0 Å². The molecule has 1 aliphatic rings. The Hall–Kier alpha value is -1.62. The van der Waals surface area contributed by atoms with Crippen LogP contribution in [0.3, 0.4) is 0 Å². The van der Waals surface area contributed by atoms with Crippen molar-refractivity contribution < 1.29 is 4.79 Å². The maximum atomic E-state index is 12.7. The van der Waals surface area contributed by atoms with Crippen LogP contribution >= 0.6 is 0 Å². The van der Waals surface area contributed by atoms with Gasteiger partial charge in [0.05, 0.1) is 0 Å². The Kier molecular flexibility index (Phi) is 4.60. The summed E-state index contributed by atoms with van der Waals surface area (Å²) in [6, 6.07) is 4.05. The molecular formula is C15H24N4O. The molecule has 0 radical (unpaired) electrons. The van der Waals surface area contributed by atoms with E-state index in [4.69, 9.17) is 5.84 Å². The van der Waals surface area contributed by atoms with Crippen LogP contribution in [0.15, 0.2) is 12.1 Å². The average Bonchev–Trinajstić information content (AvgIpc) is 3.27. The lowest BCUT2D eigenvalue weighted by Gasteiger charge is -2.22. The van der Waals surface area contributed by atoms with E-state index in [2.05, 4.69) is 31.2 Å². The number of nitrogens with one attached hydrogen (secondary N) is 1. The van der Waals surface area contributed by atoms with Crippen molar-refractivity contribution in [2.24, 2.45) is 5.84 Å². The van der Waals surface area contributed by atoms with Crippen molar-refractivity contribution in [1.29, 1.82) is 0 Å². The fourth-order valence-corrected chi connectivity index (χ4v) is 2.29. The summed E-state index contributed by atoms with van der Waals surface area (Å²) >= 11 is 0. The summed E-state index contributed by atoms with van der Waals surface area (Å²) in [6.07, 6.45) is 3.22. The number of carbonyl (C=O) groups is 1. The summed E-state index contributed by atoms with van der Waals surface area (Å²) in [5.41, 5.74) is 4.11. The van der Waals surface area contributed by atoms with Gasteiger partial charge in [0, 0.05) is 23.8 Å². The predicted molar refractivity (Wildman–Crippen MR) is 80.5 cm³/mol. The lowest BCUT2D eigenvalue weighted by Crippen LogP contribution is -2.34. The summed E-state index contributed by atoms with van der Waals surface area (Å²) in [5.74, 6) is 6.36. The fraction of sp³-hybridized carbons (Fsp3) is 0.600. The van der Waals surface area contributed by atoms with Gasteiger partial charge in [-0.25, -0.2) is 10.8 Å². The van der Waals surface area contributed by atoms with Crippen LogP contribution in [-0.4, -0.2) is 28.4 Å². The summed E-state index contributed by atoms with van der Waals surface area (Å²) in [4.78, 5) is 19.1. The molecule has 1 amide bonds. The van der Waals surface area contributed by atoms with E-state index < -0.39 is 0 Å². The first-order chi connectivity index (χ1) is 9.56. The highest BCUT2D eigenvalue weighted by Gasteiger charge is 2.32. The number of nitrogens with two attached hydrogens (primary N) is 1. The molecule has 2 rings (SSSR count). The van der Waals surface area contributed by atoms with Crippen molar-refractivity contribution in [2.75, 3.05) is 12.0 Å². The van der Waals surface area contributed by atoms with Gasteiger partial charge >= 0.3 is 0 Å². The molecule has 0 saturated heterocycles. The number of hydrogen-bond acceptors (Lipinski definition) is 4. The molecule has 1 aliphatic carbocycles. The van der Waals surface area contributed by atoms with Crippen LogP contribution in [0.2, 0.25) is 0 Å². The largest absolute Gasteiger partial charge is 0.336 e. The quantitative estimate of drug-likeness (QED) is 0.618. The minimum absolute atomic E-state index is 0.0927. The molecule has 1 aromatic heterocycles. The first kappa shape index (κ1) is 14.8. The van der Waals surface area contributed by atoms with Gasteiger partial charge in [-0.3, -0.25) is 4.79 Å². The number of rotatable bonds is 6. The number of carbonyl (C=O) groups excluding carboxylic acids is 1. The lowest BCUT2D eigenvalue weighted by molar-refractivity contribution is 0.0743. The van der Waals surface area contributed by atoms with Gasteiger partial charge in [-0.05, 0) is 37.3 Å². The number of hydrogen-bond donors (Lipinski definition) is 2. The van der Waals surface area contributed by atoms with Crippen LogP contribution in [-0.2, 0) is 0 Å². The monoisotopic (exact) mass is 276 g/mol. The van der Waals surface area contributed by atoms with Gasteiger partial charge in [-0.2, -0.15) is 0 Å². The van der Waals surface area contributed by atoms with Crippen molar-refractivity contribution in [1.82, 2.24) is 9.88 Å². The summed E-state index contributed by atoms with van der Waals surface area (Å²) in [5, 5.41) is 0. The zero-order chi connectivity index (χ0) is 14.7. The van der Waals surface area contributed by atoms with Crippen molar-refractivity contribution in [3.8, 4) is 0 Å². The van der Waals surface area contributed by atoms with E-state index in [0.717, 1.165) is 31.5 Å². The summed E-state index contributed by atoms with van der Waals surface area (Å²) in [7, 11) is 0. The van der Waals surface area contributed by atoms with E-state index in [1.165, 1.54) is 0 Å². The van der Waals surface area contributed by atoms with Gasteiger partial charge in [-0.1, -0.05) is 20.8 Å². The molecule has 5 heteroatoms. The Labute approximate surface area is 120 Å². The molecule has 0 aliphatic heterocycles. The second-order valence-electron chi connectivity index (χ2n) is 5.69. The van der Waals surface area contributed by atoms with Crippen molar-refractivity contribution >= 4 is 11.7 Å². The maximum Gasteiger partial charge on any atom is 0.254 e. The van der Waals surface area contributed by atoms with Gasteiger partial charge in [-0.15, -0.1) is 0 Å². The molecule has 5 nitrogen and oxygen atoms in total. The maximum absolute atomic E-state index is 12.7. The Bertz CT molecular complexity index is 483. The lowest BCUT2D eigenvalue weighted by atomic mass is 10.1. The highest BCUT2D eigenvalue weighted by Crippen LogP contribution is 2.29. The van der Waals surface area contributed by atoms with Gasteiger partial charge in [0.1, 0.15) is 5.82 Å². The molecule has 1 fully saturated rings. The zero-order valence-corrected chi connectivity index (χ0v) is 12.5. The number of amides is 1. The minimum Gasteiger partial charge on any atom is -0.336 e. The van der Waals surface area contributed by atoms with Crippen LogP contribution in [0.5, 0.6) is 0 Å². The minimum atomic E-state index is 0.0927. The Morgan fingerprint density at radius 3 is 2.70 bits per heavy atom. The number of pyridine rings is 1. The molecule has 20 heavy (non-hydrogen) atoms. The second kappa shape index (κ2) is 6.22. The Morgan fingerprint density at radius 1 is 1.50 bits per heavy atom. The number of nitrogens with zero attached hydrogens (tertiary/aromatic N) is 2. The van der Waals surface area contributed by atoms with Crippen LogP contribution in [0.1, 0.15) is 62.0 Å². The van der Waals surface area contributed by atoms with Gasteiger partial charge in [0.25, 0.3) is 5.91 Å². The van der Waals surface area contributed by atoms with Crippen molar-refractivity contribution in [3.05, 3.63) is 23.4 Å². The van der Waals surface area contributed by atoms with E-state index in [-0.39, 0.29) is 11.8 Å². The van der Waals surface area contributed by atoms with Gasteiger partial charge in [0.2, 0.25) is 0 Å². The highest BCUT2D eigenvalue weighted by molar-refractivity contribution is 5.95. The first-order valence-corrected chi connectivity index (χ1v) is 7.36. The molecule has 0 bridgehead atoms. The topological polar surface area (TPSA) is 71.2 Å². The number of hydrazine groups is 1. The normalized spacial score (nSPS) is 14.4. The second-order valence-corrected chi connectivity index (χ2v) is 5.69. The number of anilines is 1. The predicted octanol–water partition coefficient (Wildman–Crippen LogP) is 2.51. The Balaban J connectivity index is 2.29. The van der Waals surface area contributed by atoms with Crippen molar-refractivity contribution in [3.63, 3.8) is 0 Å². The third kappa shape index (κ3) is 3.28. The molecule has 0 unspecified atom stereocenters. The van der Waals surface area contributed by atoms with E-state index >= 15 is 0 Å². The standard InChI is InChI=1S/C15H24N4O/c1-4-7-19(12-5-6-12)15(20)11-8-13(10(2)3)17-14(9-11)18-16/h8-10,12H,4-7,16H2,1-3H3,(H,17,18). The third-order valence-corrected chi connectivity index (χ3v) is 3.54. The molecule has 0 aromatic carbocycles. The van der Waals surface area contributed by atoms with E-state index in [9.17, 15) is 4.79 Å². The van der Waals surface area contributed by atoms with Crippen LogP contribution in [0.25, 0.3) is 0 Å². The molecule has 1 heterocycles. The number of aromatic nitrogens is 1. The Morgan fingerprint density at radius 2 is 2.20 bits per heavy atom. The van der Waals surface area contributed by atoms with E-state index in [1.807, 2.05) is 11.0 Å². The first-order valence-electron chi connectivity index (χ1n) is 7.36. The van der Waals surface area contributed by atoms with Crippen molar-refractivity contribution in [2.45, 2.75) is 52.0 Å². The molecule has 1 saturated carbocycles. The SMILES string of the molecule is CCCN(C(=O)c1cc(NN)nc(C(C)C)c1)C1CC1. The third-order valence-electron chi connectivity index (χ3n) is 3.54. The average molecular weight is 276 g/mol. The zero-order valence-electron chi connectivity index (χ0n) is 12.5. The van der Waals surface area contributed by atoms with Crippen LogP contribution < -0.4 is 11.3 Å². The molecular weight excluding hydrogens is 252 g/mol. The highest BCUT2D eigenvalue weighted by atomic mass is 16.2.